The Hall–Kier alpha value is -3.42. The molecule has 2 aromatic carbocycles. The summed E-state index contributed by atoms with van der Waals surface area (Å²) in [6.45, 7) is 1.89. The number of nitro benzene ring substituents is 1. The lowest BCUT2D eigenvalue weighted by atomic mass is 10.2. The number of nitrogens with one attached hydrogen (secondary N) is 1. The van der Waals surface area contributed by atoms with Crippen LogP contribution in [0.2, 0.25) is 0 Å². The standard InChI is InChI=1S/C17H15N3O5/c1-2-24-16(21)10-25-13-6-3-11(4-7-13)17-18-14-8-5-12(20(22)23)9-15(14)19-17/h3-9H,2,10H2,1H3,(H,18,19). The number of ether oxygens (including phenoxy) is 2. The number of hydrogen-bond donors (Lipinski definition) is 1. The summed E-state index contributed by atoms with van der Waals surface area (Å²) in [5.41, 5.74) is 2.03. The number of hydrogen-bond acceptors (Lipinski definition) is 6. The zero-order valence-electron chi connectivity index (χ0n) is 13.4. The zero-order valence-corrected chi connectivity index (χ0v) is 13.4. The minimum atomic E-state index is -0.449. The first-order valence-electron chi connectivity index (χ1n) is 7.60. The lowest BCUT2D eigenvalue weighted by Crippen LogP contribution is -2.14. The average molecular weight is 341 g/mol. The topological polar surface area (TPSA) is 107 Å². The quantitative estimate of drug-likeness (QED) is 0.419. The fraction of sp³-hybridized carbons (Fsp3) is 0.176. The Morgan fingerprint density at radius 3 is 2.68 bits per heavy atom. The van der Waals surface area contributed by atoms with E-state index < -0.39 is 10.9 Å². The Labute approximate surface area is 142 Å². The molecule has 0 saturated carbocycles. The van der Waals surface area contributed by atoms with E-state index in [4.69, 9.17) is 9.47 Å². The SMILES string of the molecule is CCOC(=O)COc1ccc(-c2nc3ccc([N+](=O)[O-])cc3[nH]2)cc1. The Balaban J connectivity index is 1.76. The molecule has 0 amide bonds. The molecule has 1 aromatic heterocycles. The van der Waals surface area contributed by atoms with Gasteiger partial charge in [-0.3, -0.25) is 10.1 Å². The summed E-state index contributed by atoms with van der Waals surface area (Å²) in [6, 6.07) is 11.5. The molecule has 8 nitrogen and oxygen atoms in total. The van der Waals surface area contributed by atoms with Crippen LogP contribution in [-0.2, 0) is 9.53 Å². The Kier molecular flexibility index (Phi) is 4.60. The van der Waals surface area contributed by atoms with Crippen molar-refractivity contribution in [1.82, 2.24) is 9.97 Å². The van der Waals surface area contributed by atoms with E-state index >= 15 is 0 Å². The summed E-state index contributed by atoms with van der Waals surface area (Å²) >= 11 is 0. The normalized spacial score (nSPS) is 10.6. The van der Waals surface area contributed by atoms with Crippen LogP contribution in [0, 0.1) is 10.1 Å². The lowest BCUT2D eigenvalue weighted by molar-refractivity contribution is -0.384. The molecule has 3 aromatic rings. The monoisotopic (exact) mass is 341 g/mol. The number of esters is 1. The highest BCUT2D eigenvalue weighted by atomic mass is 16.6. The summed E-state index contributed by atoms with van der Waals surface area (Å²) in [6.07, 6.45) is 0. The van der Waals surface area contributed by atoms with Crippen molar-refractivity contribution in [2.75, 3.05) is 13.2 Å². The Morgan fingerprint density at radius 2 is 2.00 bits per heavy atom. The van der Waals surface area contributed by atoms with Gasteiger partial charge in [-0.2, -0.15) is 0 Å². The summed E-state index contributed by atoms with van der Waals surface area (Å²) in [4.78, 5) is 29.1. The number of H-pyrrole nitrogens is 1. The molecule has 0 atom stereocenters. The molecule has 0 saturated heterocycles. The second kappa shape index (κ2) is 7.00. The van der Waals surface area contributed by atoms with Gasteiger partial charge < -0.3 is 14.5 Å². The minimum absolute atomic E-state index is 0.00501. The van der Waals surface area contributed by atoms with Gasteiger partial charge in [0.1, 0.15) is 11.6 Å². The van der Waals surface area contributed by atoms with E-state index in [1.807, 2.05) is 0 Å². The van der Waals surface area contributed by atoms with Crippen LogP contribution in [0.1, 0.15) is 6.92 Å². The number of nitro groups is 1. The molecule has 0 unspecified atom stereocenters. The van der Waals surface area contributed by atoms with Crippen molar-refractivity contribution in [2.45, 2.75) is 6.92 Å². The first kappa shape index (κ1) is 16.4. The molecular weight excluding hydrogens is 326 g/mol. The van der Waals surface area contributed by atoms with Crippen molar-refractivity contribution in [3.05, 3.63) is 52.6 Å². The van der Waals surface area contributed by atoms with Gasteiger partial charge in [0.2, 0.25) is 0 Å². The molecule has 3 rings (SSSR count). The molecule has 0 aliphatic heterocycles. The maximum atomic E-state index is 11.3. The third kappa shape index (κ3) is 3.74. The van der Waals surface area contributed by atoms with E-state index in [-0.39, 0.29) is 12.3 Å². The molecule has 0 aliphatic rings. The predicted molar refractivity (Wildman–Crippen MR) is 90.3 cm³/mol. The molecule has 0 radical (unpaired) electrons. The number of aromatic nitrogens is 2. The van der Waals surface area contributed by atoms with E-state index in [9.17, 15) is 14.9 Å². The van der Waals surface area contributed by atoms with Crippen molar-refractivity contribution in [3.8, 4) is 17.1 Å². The van der Waals surface area contributed by atoms with E-state index in [0.29, 0.717) is 29.2 Å². The fourth-order valence-corrected chi connectivity index (χ4v) is 2.30. The highest BCUT2D eigenvalue weighted by Gasteiger charge is 2.11. The van der Waals surface area contributed by atoms with Gasteiger partial charge >= 0.3 is 5.97 Å². The van der Waals surface area contributed by atoms with Gasteiger partial charge in [-0.25, -0.2) is 9.78 Å². The predicted octanol–water partition coefficient (Wildman–Crippen LogP) is 3.08. The van der Waals surface area contributed by atoms with Crippen molar-refractivity contribution >= 4 is 22.7 Å². The van der Waals surface area contributed by atoms with Gasteiger partial charge in [0.25, 0.3) is 5.69 Å². The number of benzene rings is 2. The molecule has 0 fully saturated rings. The van der Waals surface area contributed by atoms with Crippen molar-refractivity contribution in [3.63, 3.8) is 0 Å². The summed E-state index contributed by atoms with van der Waals surface area (Å²) in [7, 11) is 0. The first-order chi connectivity index (χ1) is 12.1. The van der Waals surface area contributed by atoms with Gasteiger partial charge in [0, 0.05) is 17.7 Å². The Morgan fingerprint density at radius 1 is 1.24 bits per heavy atom. The molecule has 0 bridgehead atoms. The number of imidazole rings is 1. The van der Waals surface area contributed by atoms with Crippen molar-refractivity contribution in [2.24, 2.45) is 0 Å². The third-order valence-corrected chi connectivity index (χ3v) is 3.47. The number of carbonyl (C=O) groups excluding carboxylic acids is 1. The van der Waals surface area contributed by atoms with Gasteiger partial charge in [-0.1, -0.05) is 0 Å². The van der Waals surface area contributed by atoms with Crippen LogP contribution in [0.4, 0.5) is 5.69 Å². The third-order valence-electron chi connectivity index (χ3n) is 3.47. The molecule has 25 heavy (non-hydrogen) atoms. The zero-order chi connectivity index (χ0) is 17.8. The van der Waals surface area contributed by atoms with Crippen LogP contribution in [0.15, 0.2) is 42.5 Å². The fourth-order valence-electron chi connectivity index (χ4n) is 2.30. The van der Waals surface area contributed by atoms with E-state index in [2.05, 4.69) is 9.97 Å². The maximum Gasteiger partial charge on any atom is 0.344 e. The molecule has 8 heteroatoms. The van der Waals surface area contributed by atoms with Gasteiger partial charge in [0.05, 0.1) is 22.6 Å². The van der Waals surface area contributed by atoms with E-state index in [1.165, 1.54) is 12.1 Å². The van der Waals surface area contributed by atoms with Gasteiger partial charge in [-0.05, 0) is 37.3 Å². The second-order valence-electron chi connectivity index (χ2n) is 5.16. The highest BCUT2D eigenvalue weighted by molar-refractivity contribution is 5.81. The number of non-ortho nitro benzene ring substituents is 1. The first-order valence-corrected chi connectivity index (χ1v) is 7.60. The molecule has 128 valence electrons. The summed E-state index contributed by atoms with van der Waals surface area (Å²) < 4.78 is 10.1. The summed E-state index contributed by atoms with van der Waals surface area (Å²) in [5, 5.41) is 10.8. The maximum absolute atomic E-state index is 11.3. The van der Waals surface area contributed by atoms with Crippen LogP contribution in [0.5, 0.6) is 5.75 Å². The number of rotatable bonds is 6. The number of aromatic amines is 1. The smallest absolute Gasteiger partial charge is 0.344 e. The van der Waals surface area contributed by atoms with Gasteiger partial charge in [0.15, 0.2) is 6.61 Å². The minimum Gasteiger partial charge on any atom is -0.482 e. The molecule has 0 aliphatic carbocycles. The van der Waals surface area contributed by atoms with Crippen LogP contribution in [0.3, 0.4) is 0 Å². The largest absolute Gasteiger partial charge is 0.482 e. The van der Waals surface area contributed by atoms with Crippen molar-refractivity contribution < 1.29 is 19.2 Å². The molecule has 1 N–H and O–H groups in total. The van der Waals surface area contributed by atoms with Crippen LogP contribution in [0.25, 0.3) is 22.4 Å². The van der Waals surface area contributed by atoms with Gasteiger partial charge in [-0.15, -0.1) is 0 Å². The van der Waals surface area contributed by atoms with Crippen molar-refractivity contribution in [1.29, 1.82) is 0 Å². The average Bonchev–Trinajstić information content (AvgIpc) is 3.04. The second-order valence-corrected chi connectivity index (χ2v) is 5.16. The van der Waals surface area contributed by atoms with Crippen LogP contribution in [-0.4, -0.2) is 34.1 Å². The molecular formula is C17H15N3O5. The molecule has 1 heterocycles. The van der Waals surface area contributed by atoms with E-state index in [1.54, 1.807) is 37.3 Å². The van der Waals surface area contributed by atoms with Crippen LogP contribution < -0.4 is 4.74 Å². The number of fused-ring (bicyclic) bond motifs is 1. The van der Waals surface area contributed by atoms with Crippen LogP contribution >= 0.6 is 0 Å². The number of nitrogens with zero attached hydrogens (tertiary/aromatic N) is 2. The highest BCUT2D eigenvalue weighted by Crippen LogP contribution is 2.25. The molecule has 0 spiro atoms. The summed E-state index contributed by atoms with van der Waals surface area (Å²) in [5.74, 6) is 0.696. The Bertz CT molecular complexity index is 918. The number of carbonyl (C=O) groups is 1. The lowest BCUT2D eigenvalue weighted by Gasteiger charge is -2.06. The van der Waals surface area contributed by atoms with E-state index in [0.717, 1.165) is 5.56 Å².